The van der Waals surface area contributed by atoms with Crippen LogP contribution in [0.2, 0.25) is 5.02 Å². The summed E-state index contributed by atoms with van der Waals surface area (Å²) in [7, 11) is 0. The van der Waals surface area contributed by atoms with Gasteiger partial charge in [-0.2, -0.15) is 0 Å². The monoisotopic (exact) mass is 469 g/mol. The van der Waals surface area contributed by atoms with Gasteiger partial charge in [-0.05, 0) is 42.0 Å². The minimum Gasteiger partial charge on any atom is -0.360 e. The number of benzene rings is 2. The highest BCUT2D eigenvalue weighted by Gasteiger charge is 2.12. The number of pyridine rings is 2. The molecule has 3 aromatic heterocycles. The molecule has 0 bridgehead atoms. The first kappa shape index (κ1) is 21.6. The van der Waals surface area contributed by atoms with E-state index in [9.17, 15) is 9.18 Å². The van der Waals surface area contributed by atoms with Gasteiger partial charge in [0.25, 0.3) is 5.91 Å². The molecule has 0 aliphatic carbocycles. The van der Waals surface area contributed by atoms with Crippen molar-refractivity contribution in [3.63, 3.8) is 0 Å². The van der Waals surface area contributed by atoms with Crippen LogP contribution >= 0.6 is 11.6 Å². The highest BCUT2D eigenvalue weighted by atomic mass is 35.5. The maximum Gasteiger partial charge on any atom is 0.251 e. The number of nitrogens with one attached hydrogen (secondary N) is 2. The smallest absolute Gasteiger partial charge is 0.251 e. The first-order valence-electron chi connectivity index (χ1n) is 10.4. The van der Waals surface area contributed by atoms with Gasteiger partial charge >= 0.3 is 0 Å². The van der Waals surface area contributed by atoms with Crippen molar-refractivity contribution in [3.05, 3.63) is 112 Å². The highest BCUT2D eigenvalue weighted by molar-refractivity contribution is 6.35. The number of nitrogens with zero attached hydrogens (tertiary/aromatic N) is 3. The Bertz CT molecular complexity index is 1600. The van der Waals surface area contributed by atoms with E-state index in [2.05, 4.69) is 25.1 Å². The molecule has 0 fully saturated rings. The fraction of sp³-hybridized carbons (Fsp3) is 0.0769. The zero-order valence-electron chi connectivity index (χ0n) is 17.8. The van der Waals surface area contributed by atoms with E-state index < -0.39 is 5.82 Å². The van der Waals surface area contributed by atoms with E-state index in [1.807, 2.05) is 18.2 Å². The van der Waals surface area contributed by atoms with E-state index in [0.717, 1.165) is 16.5 Å². The van der Waals surface area contributed by atoms with Crippen LogP contribution in [0.3, 0.4) is 0 Å². The molecule has 1 amide bonds. The first-order chi connectivity index (χ1) is 16.5. The van der Waals surface area contributed by atoms with E-state index in [4.69, 9.17) is 18.2 Å². The van der Waals surface area contributed by atoms with Crippen LogP contribution in [0.5, 0.6) is 0 Å². The molecule has 166 valence electrons. The predicted molar refractivity (Wildman–Crippen MR) is 129 cm³/mol. The van der Waals surface area contributed by atoms with Crippen molar-refractivity contribution >= 4 is 45.0 Å². The molecule has 8 heteroatoms. The third-order valence-electron chi connectivity index (χ3n) is 5.61. The van der Waals surface area contributed by atoms with E-state index in [1.54, 1.807) is 42.9 Å². The Kier molecular flexibility index (Phi) is 5.66. The van der Waals surface area contributed by atoms with E-state index >= 15 is 0 Å². The zero-order chi connectivity index (χ0) is 23.7. The molecule has 2 aromatic carbocycles. The van der Waals surface area contributed by atoms with Crippen LogP contribution < -0.4 is 5.32 Å². The lowest BCUT2D eigenvalue weighted by molar-refractivity contribution is 0.0950. The zero-order valence-corrected chi connectivity index (χ0v) is 18.5. The molecular formula is C26H17ClFN5O. The average molecular weight is 470 g/mol. The molecule has 5 rings (SSSR count). The largest absolute Gasteiger partial charge is 0.360 e. The minimum atomic E-state index is -0.425. The molecule has 6 nitrogen and oxygen atoms in total. The summed E-state index contributed by atoms with van der Waals surface area (Å²) in [5, 5.41) is 4.74. The molecule has 34 heavy (non-hydrogen) atoms. The highest BCUT2D eigenvalue weighted by Crippen LogP contribution is 2.27. The van der Waals surface area contributed by atoms with Crippen molar-refractivity contribution in [2.75, 3.05) is 0 Å². The van der Waals surface area contributed by atoms with Crippen LogP contribution in [0.15, 0.2) is 67.1 Å². The van der Waals surface area contributed by atoms with E-state index in [0.29, 0.717) is 44.9 Å². The molecule has 3 heterocycles. The van der Waals surface area contributed by atoms with Crippen LogP contribution in [-0.2, 0) is 13.0 Å². The fourth-order valence-electron chi connectivity index (χ4n) is 3.88. The normalized spacial score (nSPS) is 11.0. The van der Waals surface area contributed by atoms with Gasteiger partial charge in [-0.1, -0.05) is 23.7 Å². The van der Waals surface area contributed by atoms with Crippen molar-refractivity contribution in [2.24, 2.45) is 0 Å². The number of carbonyl (C=O) groups excluding carboxylic acids is 1. The summed E-state index contributed by atoms with van der Waals surface area (Å²) in [6, 6.07) is 13.7. The maximum atomic E-state index is 14.4. The van der Waals surface area contributed by atoms with Crippen molar-refractivity contribution in [2.45, 2.75) is 13.0 Å². The Morgan fingerprint density at radius 1 is 1.09 bits per heavy atom. The predicted octanol–water partition coefficient (Wildman–Crippen LogP) is 5.98. The number of halogens is 2. The van der Waals surface area contributed by atoms with Crippen molar-refractivity contribution in [3.8, 4) is 0 Å². The van der Waals surface area contributed by atoms with E-state index in [-0.39, 0.29) is 12.5 Å². The number of hydrogen-bond donors (Lipinski definition) is 2. The second-order valence-electron chi connectivity index (χ2n) is 7.81. The quantitative estimate of drug-likeness (QED) is 0.311. The number of fused-ring (bicyclic) bond motifs is 2. The molecule has 2 N–H and O–H groups in total. The van der Waals surface area contributed by atoms with Gasteiger partial charge in [-0.15, -0.1) is 0 Å². The summed E-state index contributed by atoms with van der Waals surface area (Å²) in [5.41, 5.74) is 4.32. The molecular weight excluding hydrogens is 453 g/mol. The molecule has 0 saturated heterocycles. The summed E-state index contributed by atoms with van der Waals surface area (Å²) in [5.74, 6) is -0.757. The number of rotatable bonds is 5. The summed E-state index contributed by atoms with van der Waals surface area (Å²) in [6.45, 7) is 7.38. The van der Waals surface area contributed by atoms with Gasteiger partial charge < -0.3 is 10.3 Å². The number of aromatic amines is 1. The Morgan fingerprint density at radius 3 is 2.79 bits per heavy atom. The van der Waals surface area contributed by atoms with Crippen LogP contribution in [-0.4, -0.2) is 20.9 Å². The maximum absolute atomic E-state index is 14.4. The summed E-state index contributed by atoms with van der Waals surface area (Å²) in [6.07, 6.45) is 5.28. The molecule has 0 saturated carbocycles. The van der Waals surface area contributed by atoms with Gasteiger partial charge in [0.05, 0.1) is 17.1 Å². The summed E-state index contributed by atoms with van der Waals surface area (Å²) < 4.78 is 14.4. The van der Waals surface area contributed by atoms with Crippen molar-refractivity contribution in [1.29, 1.82) is 0 Å². The number of carbonyl (C=O) groups is 1. The van der Waals surface area contributed by atoms with Crippen LogP contribution in [0.4, 0.5) is 10.1 Å². The third kappa shape index (κ3) is 4.19. The number of hydrogen-bond acceptors (Lipinski definition) is 3. The van der Waals surface area contributed by atoms with Crippen molar-refractivity contribution in [1.82, 2.24) is 20.3 Å². The van der Waals surface area contributed by atoms with Gasteiger partial charge in [-0.25, -0.2) is 9.24 Å². The Morgan fingerprint density at radius 2 is 1.94 bits per heavy atom. The summed E-state index contributed by atoms with van der Waals surface area (Å²) >= 11 is 6.12. The fourth-order valence-corrected chi connectivity index (χ4v) is 4.09. The number of H-pyrrole nitrogens is 1. The van der Waals surface area contributed by atoms with Crippen LogP contribution in [0.25, 0.3) is 26.7 Å². The number of aromatic nitrogens is 3. The molecule has 0 spiro atoms. The SMILES string of the molecule is [C-]#[N+]c1ccnc2ccc(Cc3cc(C(=O)NCc4cc5c(Cl)c[nH]c5cc4F)ccn3)cc12. The van der Waals surface area contributed by atoms with Crippen molar-refractivity contribution < 1.29 is 9.18 Å². The summed E-state index contributed by atoms with van der Waals surface area (Å²) in [4.78, 5) is 27.9. The second kappa shape index (κ2) is 8.93. The average Bonchev–Trinajstić information content (AvgIpc) is 3.21. The van der Waals surface area contributed by atoms with Gasteiger partial charge in [0.1, 0.15) is 5.82 Å². The standard InChI is InChI=1S/C26H17ClFN5O/c1-29-23-5-7-31-24-3-2-15(9-20(23)24)8-18-10-16(4-6-30-18)26(34)33-13-17-11-19-21(27)14-32-25(19)12-22(17)28/h2-7,9-12,14,32H,8,13H2,(H,33,34). The Labute approximate surface area is 199 Å². The van der Waals surface area contributed by atoms with Gasteiger partial charge in [0, 0.05) is 64.7 Å². The van der Waals surface area contributed by atoms with E-state index in [1.165, 1.54) is 6.07 Å². The minimum absolute atomic E-state index is 0.0247. The molecule has 0 atom stereocenters. The first-order valence-corrected chi connectivity index (χ1v) is 10.8. The molecule has 0 aliphatic rings. The lowest BCUT2D eigenvalue weighted by Gasteiger charge is -2.09. The third-order valence-corrected chi connectivity index (χ3v) is 5.92. The molecule has 0 unspecified atom stereocenters. The van der Waals surface area contributed by atoms with Crippen LogP contribution in [0.1, 0.15) is 27.2 Å². The van der Waals surface area contributed by atoms with Gasteiger partial charge in [0.2, 0.25) is 0 Å². The van der Waals surface area contributed by atoms with Crippen LogP contribution in [0, 0.1) is 12.4 Å². The molecule has 5 aromatic rings. The van der Waals surface area contributed by atoms with Gasteiger partial charge in [-0.3, -0.25) is 14.8 Å². The number of amides is 1. The Hall–Kier alpha value is -4.28. The second-order valence-corrected chi connectivity index (χ2v) is 8.22. The lowest BCUT2D eigenvalue weighted by atomic mass is 10.0. The topological polar surface area (TPSA) is 75.0 Å². The molecule has 0 aliphatic heterocycles. The lowest BCUT2D eigenvalue weighted by Crippen LogP contribution is -2.23. The Balaban J connectivity index is 1.33. The van der Waals surface area contributed by atoms with Gasteiger partial charge in [0.15, 0.2) is 5.69 Å². The molecule has 0 radical (unpaired) electrons.